The van der Waals surface area contributed by atoms with Crippen LogP contribution in [-0.4, -0.2) is 322 Å². The number of aliphatic hydroxyl groups is 1. The number of fused-ring (bicyclic) bond motifs is 6. The van der Waals surface area contributed by atoms with Gasteiger partial charge >= 0.3 is 18.0 Å². The van der Waals surface area contributed by atoms with Crippen LogP contribution in [0, 0.1) is 26.6 Å². The first-order valence-electron chi connectivity index (χ1n) is 47.7. The average Bonchev–Trinajstić information content (AvgIpc) is 1.14. The molecule has 143 heavy (non-hydrogen) atoms. The quantitative estimate of drug-likeness (QED) is 0.0318. The summed E-state index contributed by atoms with van der Waals surface area (Å²) in [4.78, 5) is 108. The number of aromatic nitrogens is 6. The molecule has 7 saturated heterocycles. The van der Waals surface area contributed by atoms with Crippen LogP contribution in [-0.2, 0) is 58.0 Å². The average molecular weight is 2110 g/mol. The summed E-state index contributed by atoms with van der Waals surface area (Å²) < 4.78 is 37.2. The van der Waals surface area contributed by atoms with Gasteiger partial charge in [0, 0.05) is 178 Å². The Morgan fingerprint density at radius 2 is 0.797 bits per heavy atom. The van der Waals surface area contributed by atoms with Crippen LogP contribution in [0.25, 0.3) is 46.9 Å². The van der Waals surface area contributed by atoms with Crippen molar-refractivity contribution in [3.63, 3.8) is 0 Å². The van der Waals surface area contributed by atoms with Gasteiger partial charge in [-0.25, -0.2) is 24.1 Å². The summed E-state index contributed by atoms with van der Waals surface area (Å²) in [5.74, 6) is 2.02. The van der Waals surface area contributed by atoms with Crippen LogP contribution < -0.4 is 43.6 Å². The van der Waals surface area contributed by atoms with E-state index in [9.17, 15) is 18.8 Å². The molecule has 10 aliphatic rings. The highest BCUT2D eigenvalue weighted by Crippen LogP contribution is 2.43. The fourth-order valence-electron chi connectivity index (χ4n) is 21.0. The van der Waals surface area contributed by atoms with E-state index in [2.05, 4.69) is 178 Å². The number of aliphatic hydroxyl groups excluding tert-OH is 1. The molecule has 10 aliphatic heterocycles. The van der Waals surface area contributed by atoms with Crippen LogP contribution in [0.15, 0.2) is 146 Å². The van der Waals surface area contributed by atoms with Crippen molar-refractivity contribution in [1.82, 2.24) is 64.2 Å². The molecule has 3 amide bonds. The number of halogens is 3. The first kappa shape index (κ1) is 115. The first-order chi connectivity index (χ1) is 66.2. The normalized spacial score (nSPS) is 20.1. The number of amides is 3. The number of alkyl halides is 1. The zero-order valence-corrected chi connectivity index (χ0v) is 88.9. The third kappa shape index (κ3) is 26.5. The minimum atomic E-state index is -0.766. The smallest absolute Gasteiger partial charge is 0.318 e. The van der Waals surface area contributed by atoms with Crippen molar-refractivity contribution in [2.24, 2.45) is 0 Å². The Bertz CT molecular complexity index is 6090. The van der Waals surface area contributed by atoms with Gasteiger partial charge in [0.1, 0.15) is 61.6 Å². The number of aryl methyl sites for hydroxylation is 1. The predicted molar refractivity (Wildman–Crippen MR) is 600 cm³/mol. The third-order valence-corrected chi connectivity index (χ3v) is 29.2. The Morgan fingerprint density at radius 1 is 0.455 bits per heavy atom. The summed E-state index contributed by atoms with van der Waals surface area (Å²) in [5, 5.41) is 17.4. The number of likely N-dealkylation sites (tertiary alicyclic amines) is 4. The summed E-state index contributed by atoms with van der Waals surface area (Å²) in [6, 6.07) is 38.7. The van der Waals surface area contributed by atoms with Crippen molar-refractivity contribution >= 4 is 189 Å². The largest absolute Gasteiger partial charge is 0.492 e. The second-order valence-corrected chi connectivity index (χ2v) is 37.9. The van der Waals surface area contributed by atoms with E-state index in [0.29, 0.717) is 154 Å². The number of anilines is 6. The third-order valence-electron chi connectivity index (χ3n) is 28.5. The van der Waals surface area contributed by atoms with Gasteiger partial charge in [-0.3, -0.25) is 19.3 Å². The molecule has 768 valence electrons. The molecule has 19 rings (SSSR count). The van der Waals surface area contributed by atoms with Gasteiger partial charge in [-0.2, -0.15) is 111 Å². The molecule has 0 unspecified atom stereocenters. The molecular weight excluding hydrogens is 1970 g/mol. The SMILES string of the molecule is C.S.S.S.S.S.S.[C-]#[N+]C[C@H]1CN(c2nc(OC[C@@H]3CCCN3C)nc3c2CCN(c2cccc4cccc(C)c24)C3)CCN1C(=O)/C=C/CN1CC(F)C1.[C-]#[N+]C[C@H]1CN(c2nc(OC[C@@H]3CCCN3C)nc3c2CCN(c2cccc4cccc(Cl)c24)C3)CCN1C(=O)/C=C/CO.[C-]#[N+]C[C@H]1CN(c2nc(OC[C@@H]3CCCN3C)nc3c2CCN(c2cccc4cccc(Cl)c24)C3)CCN1C(=O)C(=C)OC. The molecule has 0 saturated carbocycles. The summed E-state index contributed by atoms with van der Waals surface area (Å²) in [5.41, 5.74) is 10.7. The summed E-state index contributed by atoms with van der Waals surface area (Å²) in [6.07, 6.45) is 14.5. The lowest BCUT2D eigenvalue weighted by Crippen LogP contribution is -2.57. The van der Waals surface area contributed by atoms with E-state index < -0.39 is 6.17 Å². The lowest BCUT2D eigenvalue weighted by molar-refractivity contribution is -0.132. The Balaban J connectivity index is 0.000000215. The monoisotopic (exact) mass is 2100 g/mol. The number of methoxy groups -OCH3 is 1. The van der Waals surface area contributed by atoms with Gasteiger partial charge in [0.15, 0.2) is 5.76 Å². The maximum Gasteiger partial charge on any atom is 0.318 e. The van der Waals surface area contributed by atoms with Crippen molar-refractivity contribution in [3.8, 4) is 18.0 Å². The summed E-state index contributed by atoms with van der Waals surface area (Å²) >= 11 is 13.4. The maximum atomic E-state index is 13.3. The molecule has 7 fully saturated rings. The first-order valence-corrected chi connectivity index (χ1v) is 48.4. The van der Waals surface area contributed by atoms with Crippen LogP contribution >= 0.6 is 104 Å². The molecule has 30 nitrogen and oxygen atoms in total. The molecule has 3 aromatic heterocycles. The highest BCUT2D eigenvalue weighted by atomic mass is 35.5. The number of rotatable bonds is 25. The Morgan fingerprint density at radius 3 is 1.15 bits per heavy atom. The van der Waals surface area contributed by atoms with Gasteiger partial charge in [-0.05, 0) is 158 Å². The van der Waals surface area contributed by atoms with Crippen LogP contribution in [0.3, 0.4) is 0 Å². The summed E-state index contributed by atoms with van der Waals surface area (Å²) in [6.45, 7) is 44.0. The highest BCUT2D eigenvalue weighted by molar-refractivity contribution is 7.60. The highest BCUT2D eigenvalue weighted by Gasteiger charge is 2.42. The molecule has 6 aromatic carbocycles. The van der Waals surface area contributed by atoms with Gasteiger partial charge in [-0.15, -0.1) is 0 Å². The van der Waals surface area contributed by atoms with E-state index in [1.807, 2.05) is 40.1 Å². The van der Waals surface area contributed by atoms with Crippen molar-refractivity contribution in [2.45, 2.75) is 134 Å². The predicted octanol–water partition coefficient (Wildman–Crippen LogP) is 13.7. The number of benzene rings is 6. The van der Waals surface area contributed by atoms with Gasteiger partial charge in [0.25, 0.3) is 5.91 Å². The number of carbonyl (C=O) groups excluding carboxylic acids is 3. The van der Waals surface area contributed by atoms with Gasteiger partial charge in [0.2, 0.25) is 31.4 Å². The van der Waals surface area contributed by atoms with E-state index >= 15 is 0 Å². The topological polar surface area (TPSA) is 241 Å². The van der Waals surface area contributed by atoms with Crippen molar-refractivity contribution in [3.05, 3.63) is 229 Å². The van der Waals surface area contributed by atoms with E-state index in [1.165, 1.54) is 41.3 Å². The molecule has 1 N–H and O–H groups in total. The fourth-order valence-corrected chi connectivity index (χ4v) is 21.6. The molecule has 9 aromatic rings. The Hall–Kier alpha value is -10.2. The Labute approximate surface area is 892 Å². The molecule has 13 heterocycles. The molecule has 0 bridgehead atoms. The van der Waals surface area contributed by atoms with E-state index in [4.69, 9.17) is 96.9 Å². The van der Waals surface area contributed by atoms with Gasteiger partial charge in [-0.1, -0.05) is 128 Å². The molecule has 0 radical (unpaired) electrons. The number of hydrogen-bond acceptors (Lipinski definition) is 24. The van der Waals surface area contributed by atoms with Gasteiger partial charge in [0.05, 0.1) is 60.5 Å². The molecule has 6 atom stereocenters. The van der Waals surface area contributed by atoms with Crippen LogP contribution in [0.5, 0.6) is 18.0 Å². The zero-order valence-electron chi connectivity index (χ0n) is 81.4. The van der Waals surface area contributed by atoms with E-state index in [-0.39, 0.29) is 156 Å². The number of ether oxygens (including phenoxy) is 4. The second-order valence-electron chi connectivity index (χ2n) is 37.0. The van der Waals surface area contributed by atoms with Crippen molar-refractivity contribution < 1.29 is 42.8 Å². The van der Waals surface area contributed by atoms with Crippen LogP contribution in [0.1, 0.15) is 85.3 Å². The van der Waals surface area contributed by atoms with Crippen LogP contribution in [0.4, 0.5) is 38.9 Å². The lowest BCUT2D eigenvalue weighted by atomic mass is 9.99. The number of nitrogens with zero attached hydrogens (tertiary/aromatic N) is 22. The minimum Gasteiger partial charge on any atom is -0.492 e. The van der Waals surface area contributed by atoms with Crippen LogP contribution in [0.2, 0.25) is 10.0 Å². The second kappa shape index (κ2) is 53.3. The van der Waals surface area contributed by atoms with Crippen molar-refractivity contribution in [1.29, 1.82) is 0 Å². The molecule has 39 heteroatoms. The molecular formula is C104H137Cl2FN22O8S6. The Kier molecular flexibility index (Phi) is 42.8. The van der Waals surface area contributed by atoms with E-state index in [1.54, 1.807) is 15.9 Å². The maximum absolute atomic E-state index is 13.3. The van der Waals surface area contributed by atoms with Gasteiger partial charge < -0.3 is 97.4 Å². The number of carbonyl (C=O) groups is 3. The molecule has 0 spiro atoms. The summed E-state index contributed by atoms with van der Waals surface area (Å²) in [7, 11) is 7.83. The van der Waals surface area contributed by atoms with E-state index in [0.717, 1.165) is 191 Å². The minimum absolute atomic E-state index is 0. The zero-order chi connectivity index (χ0) is 94.6. The lowest BCUT2D eigenvalue weighted by Gasteiger charge is -2.41. The number of likely N-dealkylation sites (N-methyl/N-ethyl adjacent to an activating group) is 3. The molecule has 0 aliphatic carbocycles. The number of piperazine rings is 3. The standard InChI is InChI=1S/C37H45FN8O2.2C33H38ClN7O3.CH4.6H2S/c1-26-8-4-9-27-10-5-12-33(35(26)27)44-17-14-31-32(24-44)40-37(48-25-29-11-6-15-42(29)3)41-36(31)45-18-19-46(30(23-45)20-39-2)34(47)13-7-16-43-21-28(38)22-43;1-22(43-4)32(42)41-17-16-40(19-25(41)18-35-2)31-26-13-15-39(29-12-6-9-23-8-5-11-27(34)30(23)29)20-28(26)36-33(37-31)44-21-24-10-7-14-38(24)3;1-35-19-25-20-40(16-17-41(25)30(43)12-6-18-42)32-26-13-15-39(29-11-4-8-23-7-3-10-27(34)31(23)29)21-28(26)36-33(37-32)44-22-24-9-5-14-38(24)2;;;;;;;/h4-5,7-10,12-13,28-30H,6,11,14-25H2,1,3H3;5-6,8-9,11-12,24-25H,1,7,10,13-21H2,3-4H3;3-4,6-8,10-12,24-25,42H,5,9,13-22H2,2H3;1H4;6*1H2/b13-7+;;12-6+;;;;;;;/t29-,30-;2*24-,25-;;;;;;;/m000......./s1. The fraction of sp³-hybridized carbons (Fsp3) is 0.481. The number of hydrogen-bond donors (Lipinski definition) is 1. The van der Waals surface area contributed by atoms with Crippen molar-refractivity contribution in [2.75, 3.05) is 222 Å².